The van der Waals surface area contributed by atoms with Crippen LogP contribution >= 0.6 is 0 Å². The molecule has 0 unspecified atom stereocenters. The van der Waals surface area contributed by atoms with Crippen LogP contribution in [-0.2, 0) is 0 Å². The third kappa shape index (κ3) is 6.95. The van der Waals surface area contributed by atoms with E-state index in [0.29, 0.717) is 17.2 Å². The molecule has 2 fully saturated rings. The van der Waals surface area contributed by atoms with E-state index in [4.69, 9.17) is 9.47 Å². The van der Waals surface area contributed by atoms with Crippen molar-refractivity contribution in [2.24, 2.45) is 5.92 Å². The van der Waals surface area contributed by atoms with Crippen molar-refractivity contribution >= 4 is 5.91 Å². The number of piperidine rings is 1. The topological polar surface area (TPSA) is 74.6 Å². The quantitative estimate of drug-likeness (QED) is 0.581. The number of ether oxygens (including phenoxy) is 2. The van der Waals surface area contributed by atoms with Gasteiger partial charge in [-0.3, -0.25) is 4.79 Å². The highest BCUT2D eigenvalue weighted by molar-refractivity contribution is 5.94. The summed E-state index contributed by atoms with van der Waals surface area (Å²) >= 11 is 0. The van der Waals surface area contributed by atoms with Crippen molar-refractivity contribution in [3.05, 3.63) is 59.4 Å². The molecule has 1 saturated heterocycles. The van der Waals surface area contributed by atoms with Gasteiger partial charge in [0.1, 0.15) is 29.5 Å². The molecule has 7 heteroatoms. The average Bonchev–Trinajstić information content (AvgIpc) is 2.90. The highest BCUT2D eigenvalue weighted by Crippen LogP contribution is 2.28. The molecule has 1 aliphatic carbocycles. The summed E-state index contributed by atoms with van der Waals surface area (Å²) in [5, 5.41) is 12.4. The number of likely N-dealkylation sites (tertiary alicyclic amines) is 1. The SMILES string of the molecule is COc1ccc(C(=O)N[C@H]2CC[C@H](CCN3CCC(Oc4ccc(F)cc4C#N)CC3)CC2)cc1. The lowest BCUT2D eigenvalue weighted by molar-refractivity contribution is 0.0897. The van der Waals surface area contributed by atoms with Gasteiger partial charge in [-0.15, -0.1) is 0 Å². The van der Waals surface area contributed by atoms with E-state index in [0.717, 1.165) is 63.9 Å². The Morgan fingerprint density at radius 1 is 1.09 bits per heavy atom. The second-order valence-corrected chi connectivity index (χ2v) is 9.62. The molecule has 2 aromatic rings. The van der Waals surface area contributed by atoms with Gasteiger partial charge < -0.3 is 19.7 Å². The first-order chi connectivity index (χ1) is 17.0. The van der Waals surface area contributed by atoms with Crippen LogP contribution in [0.15, 0.2) is 42.5 Å². The van der Waals surface area contributed by atoms with Crippen LogP contribution in [0.1, 0.15) is 60.9 Å². The number of nitriles is 1. The van der Waals surface area contributed by atoms with Gasteiger partial charge in [-0.25, -0.2) is 4.39 Å². The van der Waals surface area contributed by atoms with Crippen LogP contribution < -0.4 is 14.8 Å². The molecular formula is C28H34FN3O3. The number of halogens is 1. The standard InChI is InChI=1S/C28H34FN3O3/c1-34-25-9-4-21(5-10-25)28(33)31-24-7-2-20(3-8-24)12-15-32-16-13-26(14-17-32)35-27-11-6-23(29)18-22(27)19-30/h4-6,9-11,18,20,24,26H,2-3,7-8,12-17H2,1H3,(H,31,33)/t20-,24-. The lowest BCUT2D eigenvalue weighted by Gasteiger charge is -2.34. The first kappa shape index (κ1) is 25.0. The van der Waals surface area contributed by atoms with Crippen molar-refractivity contribution < 1.29 is 18.7 Å². The number of hydrogen-bond acceptors (Lipinski definition) is 5. The van der Waals surface area contributed by atoms with Gasteiger partial charge in [0, 0.05) is 24.7 Å². The highest BCUT2D eigenvalue weighted by Gasteiger charge is 2.25. The van der Waals surface area contributed by atoms with E-state index in [1.54, 1.807) is 25.3 Å². The van der Waals surface area contributed by atoms with Gasteiger partial charge in [-0.1, -0.05) is 0 Å². The van der Waals surface area contributed by atoms with Crippen molar-refractivity contribution in [2.75, 3.05) is 26.7 Å². The second kappa shape index (κ2) is 12.0. The van der Waals surface area contributed by atoms with Crippen molar-refractivity contribution in [2.45, 2.75) is 57.1 Å². The van der Waals surface area contributed by atoms with Gasteiger partial charge in [0.05, 0.1) is 12.7 Å². The fourth-order valence-electron chi connectivity index (χ4n) is 5.09. The van der Waals surface area contributed by atoms with Crippen LogP contribution in [0.2, 0.25) is 0 Å². The molecule has 2 aromatic carbocycles. The molecule has 0 atom stereocenters. The monoisotopic (exact) mass is 479 g/mol. The number of benzene rings is 2. The predicted molar refractivity (Wildman–Crippen MR) is 132 cm³/mol. The fourth-order valence-corrected chi connectivity index (χ4v) is 5.09. The summed E-state index contributed by atoms with van der Waals surface area (Å²) in [4.78, 5) is 15.0. The molecule has 35 heavy (non-hydrogen) atoms. The number of carbonyl (C=O) groups is 1. The van der Waals surface area contributed by atoms with E-state index in [1.165, 1.54) is 18.6 Å². The van der Waals surface area contributed by atoms with Crippen LogP contribution in [0.3, 0.4) is 0 Å². The number of rotatable bonds is 8. The van der Waals surface area contributed by atoms with Crippen molar-refractivity contribution in [3.8, 4) is 17.6 Å². The Kier molecular flexibility index (Phi) is 8.59. The van der Waals surface area contributed by atoms with E-state index in [2.05, 4.69) is 10.2 Å². The van der Waals surface area contributed by atoms with E-state index in [1.807, 2.05) is 18.2 Å². The van der Waals surface area contributed by atoms with Crippen LogP contribution in [0.5, 0.6) is 11.5 Å². The molecule has 1 N–H and O–H groups in total. The maximum Gasteiger partial charge on any atom is 0.251 e. The minimum absolute atomic E-state index is 0.0104. The Labute approximate surface area is 207 Å². The van der Waals surface area contributed by atoms with Crippen molar-refractivity contribution in [3.63, 3.8) is 0 Å². The molecule has 1 amide bonds. The van der Waals surface area contributed by atoms with Gasteiger partial charge in [-0.2, -0.15) is 5.26 Å². The maximum absolute atomic E-state index is 13.3. The maximum atomic E-state index is 13.3. The predicted octanol–water partition coefficient (Wildman–Crippen LogP) is 4.93. The molecular weight excluding hydrogens is 445 g/mol. The fraction of sp³-hybridized carbons (Fsp3) is 0.500. The second-order valence-electron chi connectivity index (χ2n) is 9.62. The van der Waals surface area contributed by atoms with Crippen LogP contribution in [-0.4, -0.2) is 49.7 Å². The summed E-state index contributed by atoms with van der Waals surface area (Å²) in [5.41, 5.74) is 0.923. The van der Waals surface area contributed by atoms with Crippen molar-refractivity contribution in [1.82, 2.24) is 10.2 Å². The number of hydrogen-bond donors (Lipinski definition) is 1. The molecule has 0 bridgehead atoms. The summed E-state index contributed by atoms with van der Waals surface area (Å²) < 4.78 is 24.5. The number of carbonyl (C=O) groups excluding carboxylic acids is 1. The van der Waals surface area contributed by atoms with Gasteiger partial charge >= 0.3 is 0 Å². The minimum Gasteiger partial charge on any atom is -0.497 e. The molecule has 1 aliphatic heterocycles. The molecule has 1 saturated carbocycles. The Hall–Kier alpha value is -3.11. The molecule has 0 spiro atoms. The first-order valence-electron chi connectivity index (χ1n) is 12.6. The molecule has 186 valence electrons. The highest BCUT2D eigenvalue weighted by atomic mass is 19.1. The van der Waals surface area contributed by atoms with E-state index in [-0.39, 0.29) is 23.6 Å². The normalized spacial score (nSPS) is 21.2. The molecule has 2 aliphatic rings. The zero-order chi connectivity index (χ0) is 24.6. The Balaban J connectivity index is 1.13. The molecule has 0 aromatic heterocycles. The molecule has 6 nitrogen and oxygen atoms in total. The third-order valence-corrected chi connectivity index (χ3v) is 7.28. The van der Waals surface area contributed by atoms with E-state index < -0.39 is 5.82 Å². The summed E-state index contributed by atoms with van der Waals surface area (Å²) in [6.07, 6.45) is 7.42. The minimum atomic E-state index is -0.419. The number of nitrogens with zero attached hydrogens (tertiary/aromatic N) is 2. The number of methoxy groups -OCH3 is 1. The summed E-state index contributed by atoms with van der Waals surface area (Å²) in [6.45, 7) is 3.03. The summed E-state index contributed by atoms with van der Waals surface area (Å²) in [6, 6.07) is 13.6. The van der Waals surface area contributed by atoms with Gasteiger partial charge in [0.15, 0.2) is 0 Å². The summed E-state index contributed by atoms with van der Waals surface area (Å²) in [7, 11) is 1.62. The smallest absolute Gasteiger partial charge is 0.251 e. The lowest BCUT2D eigenvalue weighted by Crippen LogP contribution is -2.40. The number of amides is 1. The number of nitrogens with one attached hydrogen (secondary N) is 1. The third-order valence-electron chi connectivity index (χ3n) is 7.28. The largest absolute Gasteiger partial charge is 0.497 e. The van der Waals surface area contributed by atoms with Crippen LogP contribution in [0, 0.1) is 23.1 Å². The molecule has 1 heterocycles. The summed E-state index contributed by atoms with van der Waals surface area (Å²) in [5.74, 6) is 1.50. The Morgan fingerprint density at radius 2 is 1.80 bits per heavy atom. The lowest BCUT2D eigenvalue weighted by atomic mass is 9.84. The van der Waals surface area contributed by atoms with Gasteiger partial charge in [0.25, 0.3) is 5.91 Å². The Morgan fingerprint density at radius 3 is 2.46 bits per heavy atom. The van der Waals surface area contributed by atoms with Gasteiger partial charge in [0.2, 0.25) is 0 Å². The van der Waals surface area contributed by atoms with Gasteiger partial charge in [-0.05, 0) is 99.9 Å². The zero-order valence-electron chi connectivity index (χ0n) is 20.3. The molecule has 4 rings (SSSR count). The van der Waals surface area contributed by atoms with Crippen LogP contribution in [0.25, 0.3) is 0 Å². The van der Waals surface area contributed by atoms with E-state index >= 15 is 0 Å². The average molecular weight is 480 g/mol. The first-order valence-corrected chi connectivity index (χ1v) is 12.6. The van der Waals surface area contributed by atoms with E-state index in [9.17, 15) is 14.4 Å². The zero-order valence-corrected chi connectivity index (χ0v) is 20.3. The Bertz CT molecular complexity index is 1020. The van der Waals surface area contributed by atoms with Crippen molar-refractivity contribution in [1.29, 1.82) is 5.26 Å². The molecule has 0 radical (unpaired) electrons. The van der Waals surface area contributed by atoms with Crippen LogP contribution in [0.4, 0.5) is 4.39 Å².